The van der Waals surface area contributed by atoms with Crippen LogP contribution in [0.1, 0.15) is 0 Å². The van der Waals surface area contributed by atoms with Gasteiger partial charge in [0.2, 0.25) is 0 Å². The Morgan fingerprint density at radius 2 is 0.485 bits per heavy atom. The van der Waals surface area contributed by atoms with Gasteiger partial charge < -0.3 is 32.9 Å². The fourth-order valence-electron chi connectivity index (χ4n) is 3.38. The van der Waals surface area contributed by atoms with Crippen LogP contribution in [0, 0.1) is 0 Å². The third-order valence-corrected chi connectivity index (χ3v) is 29.5. The highest BCUT2D eigenvalue weighted by molar-refractivity contribution is 6.91. The second-order valence-electron chi connectivity index (χ2n) is 10.5. The quantitative estimate of drug-likeness (QED) is 0.213. The lowest BCUT2D eigenvalue weighted by Crippen LogP contribution is -2.69. The molecule has 0 aromatic rings. The molecule has 0 saturated carbocycles. The molecule has 0 atom stereocenters. The summed E-state index contributed by atoms with van der Waals surface area (Å²) in [6.45, 7) is 33.1. The lowest BCUT2D eigenvalue weighted by Gasteiger charge is -2.45. The maximum Gasteiger partial charge on any atom is 0.643 e. The molecule has 0 fully saturated rings. The van der Waals surface area contributed by atoms with Crippen molar-refractivity contribution in [1.82, 2.24) is 0 Å². The van der Waals surface area contributed by atoms with Gasteiger partial charge in [-0.05, 0) is 105 Å². The molecule has 0 aliphatic carbocycles. The predicted octanol–water partition coefficient (Wildman–Crippen LogP) is 5.37. The van der Waals surface area contributed by atoms with E-state index in [1.807, 2.05) is 52.4 Å². The third kappa shape index (κ3) is 16.2. The Balaban J connectivity index is 6.58. The molecule has 0 heterocycles. The summed E-state index contributed by atoms with van der Waals surface area (Å²) in [5.41, 5.74) is 0. The maximum atomic E-state index is 6.80. The van der Waals surface area contributed by atoms with Crippen molar-refractivity contribution >= 4 is 79.5 Å². The fourth-order valence-corrected chi connectivity index (χ4v) is 34.2. The van der Waals surface area contributed by atoms with Gasteiger partial charge in [-0.25, -0.2) is 0 Å². The molecule has 33 heavy (non-hydrogen) atoms. The van der Waals surface area contributed by atoms with Crippen LogP contribution >= 0.6 is 0 Å². The summed E-state index contributed by atoms with van der Waals surface area (Å²) in [7, 11) is -18.5. The zero-order valence-electron chi connectivity index (χ0n) is 23.8. The van der Waals surface area contributed by atoms with Gasteiger partial charge in [0, 0.05) is 0 Å². The minimum atomic E-state index is -3.79. The largest absolute Gasteiger partial charge is 0.643 e. The number of rotatable bonds is 16. The van der Waals surface area contributed by atoms with E-state index >= 15 is 0 Å². The SMILES string of the molecule is C[Si](C)O[Si](C)(C)O[Si](O[Si](C)(C)O[Si](C)C)(O[Si](C)(C)O[Si](C)C)O[Si](C)(C)O[Si](C)C. The van der Waals surface area contributed by atoms with Crippen LogP contribution in [-0.2, 0) is 32.9 Å². The Bertz CT molecular complexity index is 487. The molecule has 0 aliphatic heterocycles. The second-order valence-corrected chi connectivity index (χ2v) is 36.5. The van der Waals surface area contributed by atoms with Crippen LogP contribution < -0.4 is 0 Å². The molecule has 0 unspecified atom stereocenters. The summed E-state index contributed by atoms with van der Waals surface area (Å²) in [5, 5.41) is 0. The average Bonchev–Trinajstić information content (AvgIpc) is 2.36. The minimum Gasteiger partial charge on any atom is -0.436 e. The van der Waals surface area contributed by atoms with Crippen LogP contribution in [-0.4, -0.2) is 79.5 Å². The molecule has 0 spiro atoms. The molecule has 4 radical (unpaired) electrons. The molecule has 0 saturated heterocycles. The Morgan fingerprint density at radius 1 is 0.333 bits per heavy atom. The Labute approximate surface area is 216 Å². The van der Waals surface area contributed by atoms with Crippen molar-refractivity contribution in [1.29, 1.82) is 0 Å². The van der Waals surface area contributed by atoms with Crippen molar-refractivity contribution in [3.05, 3.63) is 0 Å². The summed E-state index contributed by atoms with van der Waals surface area (Å²) >= 11 is 0. The van der Waals surface area contributed by atoms with Gasteiger partial charge in [0.05, 0.1) is 0 Å². The minimum absolute atomic E-state index is 1.00. The molecular formula is C16H48O8Si9. The highest BCUT2D eigenvalue weighted by Crippen LogP contribution is 2.31. The number of hydrogen-bond acceptors (Lipinski definition) is 8. The fraction of sp³-hybridized carbons (Fsp3) is 1.00. The van der Waals surface area contributed by atoms with Crippen molar-refractivity contribution in [2.24, 2.45) is 0 Å². The van der Waals surface area contributed by atoms with Gasteiger partial charge in [0.15, 0.2) is 36.2 Å². The molecule has 0 amide bonds. The van der Waals surface area contributed by atoms with Crippen LogP contribution in [0.3, 0.4) is 0 Å². The first kappa shape index (κ1) is 34.6. The molecule has 17 heteroatoms. The Kier molecular flexibility index (Phi) is 14.1. The highest BCUT2D eigenvalue weighted by Gasteiger charge is 2.61. The zero-order chi connectivity index (χ0) is 26.5. The van der Waals surface area contributed by atoms with E-state index in [1.165, 1.54) is 0 Å². The molecule has 0 bridgehead atoms. The lowest BCUT2D eigenvalue weighted by atomic mass is 11.9. The van der Waals surface area contributed by atoms with Crippen molar-refractivity contribution < 1.29 is 32.9 Å². The Hall–Kier alpha value is 1.63. The van der Waals surface area contributed by atoms with E-state index in [9.17, 15) is 0 Å². The van der Waals surface area contributed by atoms with Gasteiger partial charge in [0.1, 0.15) is 0 Å². The highest BCUT2D eigenvalue weighted by atomic mass is 28.6. The van der Waals surface area contributed by atoms with Crippen molar-refractivity contribution in [2.75, 3.05) is 0 Å². The monoisotopic (exact) mass is 620 g/mol. The second kappa shape index (κ2) is 13.4. The molecule has 0 rings (SSSR count). The van der Waals surface area contributed by atoms with Crippen molar-refractivity contribution in [3.8, 4) is 0 Å². The van der Waals surface area contributed by atoms with Crippen molar-refractivity contribution in [3.63, 3.8) is 0 Å². The van der Waals surface area contributed by atoms with Crippen molar-refractivity contribution in [2.45, 2.75) is 105 Å². The summed E-state index contributed by atoms with van der Waals surface area (Å²) in [6, 6.07) is 0. The van der Waals surface area contributed by atoms with E-state index in [-0.39, 0.29) is 0 Å². The van der Waals surface area contributed by atoms with Gasteiger partial charge in [-0.3, -0.25) is 0 Å². The van der Waals surface area contributed by atoms with E-state index in [0.717, 1.165) is 0 Å². The van der Waals surface area contributed by atoms with E-state index in [2.05, 4.69) is 52.4 Å². The standard InChI is InChI=1S/C16H48O8Si9/c1-25(2)17-29(9,10)21-33(22-30(11,12)18-26(3)4,23-31(13,14)19-27(5)6)24-32(15,16)20-28(7)8/h1-16H3. The van der Waals surface area contributed by atoms with Crippen LogP contribution in [0.4, 0.5) is 0 Å². The molecule has 8 nitrogen and oxygen atoms in total. The first-order valence-corrected chi connectivity index (χ1v) is 33.8. The topological polar surface area (TPSA) is 73.8 Å². The van der Waals surface area contributed by atoms with E-state index in [0.29, 0.717) is 0 Å². The number of hydrogen-bond donors (Lipinski definition) is 0. The molecule has 0 N–H and O–H groups in total. The van der Waals surface area contributed by atoms with Gasteiger partial charge in [-0.2, -0.15) is 0 Å². The third-order valence-electron chi connectivity index (χ3n) is 3.28. The van der Waals surface area contributed by atoms with E-state index in [4.69, 9.17) is 32.9 Å². The molecule has 0 aromatic carbocycles. The first-order chi connectivity index (χ1) is 14.5. The van der Waals surface area contributed by atoms with Crippen LogP contribution in [0.25, 0.3) is 0 Å². The zero-order valence-corrected chi connectivity index (χ0v) is 32.8. The van der Waals surface area contributed by atoms with Crippen LogP contribution in [0.2, 0.25) is 105 Å². The van der Waals surface area contributed by atoms with E-state index in [1.54, 1.807) is 0 Å². The lowest BCUT2D eigenvalue weighted by molar-refractivity contribution is 0.104. The first-order valence-electron chi connectivity index (χ1n) is 11.3. The van der Waals surface area contributed by atoms with Gasteiger partial charge in [-0.15, -0.1) is 0 Å². The Morgan fingerprint density at radius 3 is 0.606 bits per heavy atom. The van der Waals surface area contributed by atoms with Gasteiger partial charge in [-0.1, -0.05) is 0 Å². The average molecular weight is 621 g/mol. The molecule has 196 valence electrons. The molecular weight excluding hydrogens is 573 g/mol. The summed E-state index contributed by atoms with van der Waals surface area (Å²) in [6.07, 6.45) is 0. The summed E-state index contributed by atoms with van der Waals surface area (Å²) < 4.78 is 52.5. The van der Waals surface area contributed by atoms with Gasteiger partial charge >= 0.3 is 43.3 Å². The normalized spacial score (nSPS) is 14.9. The van der Waals surface area contributed by atoms with Crippen LogP contribution in [0.5, 0.6) is 0 Å². The molecule has 0 aromatic heterocycles. The summed E-state index contributed by atoms with van der Waals surface area (Å²) in [5.74, 6) is 0. The van der Waals surface area contributed by atoms with E-state index < -0.39 is 79.5 Å². The van der Waals surface area contributed by atoms with Gasteiger partial charge in [0.25, 0.3) is 0 Å². The predicted molar refractivity (Wildman–Crippen MR) is 154 cm³/mol. The van der Waals surface area contributed by atoms with Crippen LogP contribution in [0.15, 0.2) is 0 Å². The smallest absolute Gasteiger partial charge is 0.436 e. The maximum absolute atomic E-state index is 6.80. The summed E-state index contributed by atoms with van der Waals surface area (Å²) in [4.78, 5) is 0. The molecule has 0 aliphatic rings.